The van der Waals surface area contributed by atoms with Crippen molar-refractivity contribution in [2.45, 2.75) is 53.0 Å². The minimum Gasteiger partial charge on any atom is -0.312 e. The molecule has 108 valence electrons. The Morgan fingerprint density at radius 3 is 2.32 bits per heavy atom. The van der Waals surface area contributed by atoms with Crippen molar-refractivity contribution in [1.82, 2.24) is 5.32 Å². The van der Waals surface area contributed by atoms with Crippen molar-refractivity contribution >= 4 is 15.9 Å². The molecule has 1 atom stereocenters. The first-order valence-electron chi connectivity index (χ1n) is 6.84. The Hall–Kier alpha value is -0.410. The number of rotatable bonds is 5. The Kier molecular flexibility index (Phi) is 5.57. The van der Waals surface area contributed by atoms with Gasteiger partial charge in [-0.2, -0.15) is 0 Å². The van der Waals surface area contributed by atoms with Crippen LogP contribution in [0.1, 0.15) is 46.6 Å². The molecule has 0 bridgehead atoms. The third-order valence-corrected chi connectivity index (χ3v) is 4.12. The zero-order valence-corrected chi connectivity index (χ0v) is 14.2. The van der Waals surface area contributed by atoms with Crippen LogP contribution in [0, 0.1) is 11.2 Å². The number of hydrogen-bond donors (Lipinski definition) is 1. The zero-order chi connectivity index (χ0) is 14.7. The van der Waals surface area contributed by atoms with E-state index in [1.807, 2.05) is 12.1 Å². The molecule has 0 saturated heterocycles. The summed E-state index contributed by atoms with van der Waals surface area (Å²) < 4.78 is 13.8. The van der Waals surface area contributed by atoms with Crippen molar-refractivity contribution in [3.8, 4) is 0 Å². The summed E-state index contributed by atoms with van der Waals surface area (Å²) in [7, 11) is 0. The van der Waals surface area contributed by atoms with Gasteiger partial charge in [-0.05, 0) is 72.7 Å². The normalized spacial score (nSPS) is 15.3. The van der Waals surface area contributed by atoms with E-state index in [9.17, 15) is 4.39 Å². The molecule has 1 rings (SSSR count). The van der Waals surface area contributed by atoms with E-state index < -0.39 is 0 Å². The molecule has 0 heterocycles. The summed E-state index contributed by atoms with van der Waals surface area (Å²) in [6.45, 7) is 12.0. The molecule has 0 aliphatic carbocycles. The number of hydrogen-bond acceptors (Lipinski definition) is 1. The predicted molar refractivity (Wildman–Crippen MR) is 84.0 cm³/mol. The highest BCUT2D eigenvalue weighted by Gasteiger charge is 2.25. The fraction of sp³-hybridized carbons (Fsp3) is 0.625. The second-order valence-corrected chi connectivity index (χ2v) is 7.55. The van der Waals surface area contributed by atoms with Crippen LogP contribution in [0.4, 0.5) is 4.39 Å². The lowest BCUT2D eigenvalue weighted by molar-refractivity contribution is 0.255. The van der Waals surface area contributed by atoms with Gasteiger partial charge in [0.1, 0.15) is 5.82 Å². The molecule has 0 aliphatic heterocycles. The van der Waals surface area contributed by atoms with Gasteiger partial charge in [0.05, 0.1) is 4.47 Å². The summed E-state index contributed by atoms with van der Waals surface area (Å²) >= 11 is 3.26. The second-order valence-electron chi connectivity index (χ2n) is 6.69. The van der Waals surface area contributed by atoms with Gasteiger partial charge >= 0.3 is 0 Å². The molecule has 0 aromatic heterocycles. The second kappa shape index (κ2) is 6.36. The lowest BCUT2D eigenvalue weighted by Gasteiger charge is -2.33. The molecule has 0 radical (unpaired) electrons. The lowest BCUT2D eigenvalue weighted by Crippen LogP contribution is -2.43. The first-order valence-corrected chi connectivity index (χ1v) is 7.63. The van der Waals surface area contributed by atoms with Crippen LogP contribution >= 0.6 is 15.9 Å². The average molecular weight is 330 g/mol. The summed E-state index contributed by atoms with van der Waals surface area (Å²) in [4.78, 5) is 0. The van der Waals surface area contributed by atoms with E-state index in [-0.39, 0.29) is 16.8 Å². The molecular weight excluding hydrogens is 305 g/mol. The minimum atomic E-state index is -0.199. The largest absolute Gasteiger partial charge is 0.312 e. The van der Waals surface area contributed by atoms with E-state index in [4.69, 9.17) is 0 Å². The smallest absolute Gasteiger partial charge is 0.137 e. The fourth-order valence-corrected chi connectivity index (χ4v) is 2.36. The van der Waals surface area contributed by atoms with Crippen LogP contribution < -0.4 is 5.32 Å². The van der Waals surface area contributed by atoms with Crippen LogP contribution in [0.2, 0.25) is 0 Å². The van der Waals surface area contributed by atoms with Gasteiger partial charge in [0.15, 0.2) is 0 Å². The van der Waals surface area contributed by atoms with Crippen LogP contribution in [-0.4, -0.2) is 12.1 Å². The Bertz CT molecular complexity index is 425. The van der Waals surface area contributed by atoms with Crippen LogP contribution in [-0.2, 0) is 6.42 Å². The highest BCUT2D eigenvalue weighted by Crippen LogP contribution is 2.28. The predicted octanol–water partition coefficient (Wildman–Crippen LogP) is 4.94. The van der Waals surface area contributed by atoms with Crippen LogP contribution in [0.5, 0.6) is 0 Å². The van der Waals surface area contributed by atoms with E-state index in [0.29, 0.717) is 4.47 Å². The van der Waals surface area contributed by atoms with Gasteiger partial charge in [-0.1, -0.05) is 19.9 Å². The van der Waals surface area contributed by atoms with Crippen molar-refractivity contribution in [2.75, 3.05) is 6.54 Å². The maximum atomic E-state index is 13.3. The van der Waals surface area contributed by atoms with E-state index >= 15 is 0 Å². The molecule has 0 aliphatic rings. The molecule has 1 N–H and O–H groups in total. The summed E-state index contributed by atoms with van der Waals surface area (Å²) in [5.41, 5.74) is 1.48. The van der Waals surface area contributed by atoms with Gasteiger partial charge in [0, 0.05) is 12.1 Å². The topological polar surface area (TPSA) is 12.0 Å². The molecule has 0 saturated carbocycles. The first-order chi connectivity index (χ1) is 8.65. The zero-order valence-electron chi connectivity index (χ0n) is 12.6. The highest BCUT2D eigenvalue weighted by molar-refractivity contribution is 9.10. The number of benzene rings is 1. The van der Waals surface area contributed by atoms with Crippen molar-refractivity contribution in [1.29, 1.82) is 0 Å². The highest BCUT2D eigenvalue weighted by atomic mass is 79.9. The summed E-state index contributed by atoms with van der Waals surface area (Å²) in [5.74, 6) is -0.199. The third-order valence-electron chi connectivity index (χ3n) is 3.51. The van der Waals surface area contributed by atoms with Gasteiger partial charge in [0.2, 0.25) is 0 Å². The quantitative estimate of drug-likeness (QED) is 0.807. The third kappa shape index (κ3) is 5.62. The molecular formula is C16H25BrFN. The van der Waals surface area contributed by atoms with E-state index in [0.717, 1.165) is 19.4 Å². The summed E-state index contributed by atoms with van der Waals surface area (Å²) in [6, 6.07) is 5.30. The molecule has 1 aromatic rings. The SMILES string of the molecule is CCC(C)(CNC(C)(C)C)Cc1ccc(F)c(Br)c1. The van der Waals surface area contributed by atoms with Crippen molar-refractivity contribution in [3.63, 3.8) is 0 Å². The van der Waals surface area contributed by atoms with Crippen LogP contribution in [0.15, 0.2) is 22.7 Å². The molecule has 1 aromatic carbocycles. The Morgan fingerprint density at radius 2 is 1.84 bits per heavy atom. The number of nitrogens with one attached hydrogen (secondary N) is 1. The van der Waals surface area contributed by atoms with Crippen molar-refractivity contribution < 1.29 is 4.39 Å². The van der Waals surface area contributed by atoms with Gasteiger partial charge in [0.25, 0.3) is 0 Å². The van der Waals surface area contributed by atoms with Crippen molar-refractivity contribution in [2.24, 2.45) is 5.41 Å². The summed E-state index contributed by atoms with van der Waals surface area (Å²) in [6.07, 6.45) is 2.04. The fourth-order valence-electron chi connectivity index (χ4n) is 1.93. The van der Waals surface area contributed by atoms with Gasteiger partial charge in [-0.3, -0.25) is 0 Å². The minimum absolute atomic E-state index is 0.125. The maximum Gasteiger partial charge on any atom is 0.137 e. The monoisotopic (exact) mass is 329 g/mol. The van der Waals surface area contributed by atoms with Gasteiger partial charge in [-0.15, -0.1) is 0 Å². The molecule has 1 nitrogen and oxygen atoms in total. The number of halogens is 2. The summed E-state index contributed by atoms with van der Waals surface area (Å²) in [5, 5.41) is 3.57. The molecule has 1 unspecified atom stereocenters. The first kappa shape index (κ1) is 16.6. The molecule has 19 heavy (non-hydrogen) atoms. The Balaban J connectivity index is 2.76. The van der Waals surface area contributed by atoms with E-state index in [1.54, 1.807) is 0 Å². The van der Waals surface area contributed by atoms with Gasteiger partial charge < -0.3 is 5.32 Å². The van der Waals surface area contributed by atoms with Crippen molar-refractivity contribution in [3.05, 3.63) is 34.1 Å². The Labute approximate surface area is 125 Å². The van der Waals surface area contributed by atoms with Crippen LogP contribution in [0.3, 0.4) is 0 Å². The molecule has 0 amide bonds. The van der Waals surface area contributed by atoms with Gasteiger partial charge in [-0.25, -0.2) is 4.39 Å². The standard InChI is InChI=1S/C16H25BrFN/c1-6-16(5,11-19-15(2,3)4)10-12-7-8-14(18)13(17)9-12/h7-9,19H,6,10-11H2,1-5H3. The molecule has 0 spiro atoms. The van der Waals surface area contributed by atoms with E-state index in [1.165, 1.54) is 11.6 Å². The lowest BCUT2D eigenvalue weighted by atomic mass is 9.80. The maximum absolute atomic E-state index is 13.3. The van der Waals surface area contributed by atoms with Crippen LogP contribution in [0.25, 0.3) is 0 Å². The van der Waals surface area contributed by atoms with E-state index in [2.05, 4.69) is 55.9 Å². The molecule has 3 heteroatoms. The Morgan fingerprint density at radius 1 is 1.21 bits per heavy atom. The molecule has 0 fully saturated rings. The average Bonchev–Trinajstić information content (AvgIpc) is 2.31.